The van der Waals surface area contributed by atoms with Gasteiger partial charge in [0.25, 0.3) is 0 Å². The molecular formula is C7H7ClFN. The molecule has 0 amide bonds. The van der Waals surface area contributed by atoms with Gasteiger partial charge in [0.15, 0.2) is 0 Å². The molecule has 1 nitrogen and oxygen atoms in total. The fraction of sp³-hybridized carbons (Fsp3) is 0.286. The Morgan fingerprint density at radius 3 is 2.90 bits per heavy atom. The van der Waals surface area contributed by atoms with Gasteiger partial charge in [0.05, 0.1) is 0 Å². The molecule has 0 radical (unpaired) electrons. The lowest BCUT2D eigenvalue weighted by Crippen LogP contribution is -1.92. The minimum absolute atomic E-state index is 0.442. The first-order chi connectivity index (χ1) is 4.83. The highest BCUT2D eigenvalue weighted by molar-refractivity contribution is 6.17. The van der Waals surface area contributed by atoms with Crippen molar-refractivity contribution in [3.05, 3.63) is 29.8 Å². The third kappa shape index (κ3) is 1.95. The maximum atomic E-state index is 12.3. The van der Waals surface area contributed by atoms with E-state index in [-0.39, 0.29) is 0 Å². The summed E-state index contributed by atoms with van der Waals surface area (Å²) < 4.78 is 12.3. The topological polar surface area (TPSA) is 12.9 Å². The van der Waals surface area contributed by atoms with Gasteiger partial charge in [0.2, 0.25) is 5.95 Å². The second-order valence-electron chi connectivity index (χ2n) is 1.89. The Labute approximate surface area is 63.8 Å². The lowest BCUT2D eigenvalue weighted by molar-refractivity contribution is 0.577. The summed E-state index contributed by atoms with van der Waals surface area (Å²) >= 11 is 5.43. The number of hydrogen-bond acceptors (Lipinski definition) is 1. The number of hydrogen-bond donors (Lipinski definition) is 0. The fourth-order valence-electron chi connectivity index (χ4n) is 0.686. The number of rotatable bonds is 2. The van der Waals surface area contributed by atoms with E-state index in [0.29, 0.717) is 18.0 Å². The van der Waals surface area contributed by atoms with E-state index in [9.17, 15) is 4.39 Å². The molecule has 0 saturated carbocycles. The van der Waals surface area contributed by atoms with Crippen molar-refractivity contribution in [3.63, 3.8) is 0 Å². The van der Waals surface area contributed by atoms with E-state index >= 15 is 0 Å². The molecule has 0 aromatic carbocycles. The van der Waals surface area contributed by atoms with Crippen molar-refractivity contribution >= 4 is 11.6 Å². The van der Waals surface area contributed by atoms with E-state index in [1.54, 1.807) is 12.1 Å². The molecule has 1 heterocycles. The number of aryl methyl sites for hydroxylation is 1. The molecule has 0 spiro atoms. The summed E-state index contributed by atoms with van der Waals surface area (Å²) in [6.07, 6.45) is 0.624. The quantitative estimate of drug-likeness (QED) is 0.475. The molecule has 0 N–H and O–H groups in total. The van der Waals surface area contributed by atoms with Gasteiger partial charge in [-0.2, -0.15) is 4.39 Å². The van der Waals surface area contributed by atoms with E-state index in [0.717, 1.165) is 0 Å². The molecule has 1 aromatic heterocycles. The first-order valence-electron chi connectivity index (χ1n) is 3.00. The van der Waals surface area contributed by atoms with Gasteiger partial charge in [-0.3, -0.25) is 0 Å². The van der Waals surface area contributed by atoms with Crippen molar-refractivity contribution in [1.29, 1.82) is 0 Å². The minimum Gasteiger partial charge on any atom is -0.225 e. The second kappa shape index (κ2) is 3.52. The zero-order valence-electron chi connectivity index (χ0n) is 5.35. The highest BCUT2D eigenvalue weighted by atomic mass is 35.5. The number of nitrogens with zero attached hydrogens (tertiary/aromatic N) is 1. The summed E-state index contributed by atoms with van der Waals surface area (Å²) in [6, 6.07) is 4.70. The van der Waals surface area contributed by atoms with Crippen LogP contribution < -0.4 is 0 Å². The Hall–Kier alpha value is -0.630. The van der Waals surface area contributed by atoms with Gasteiger partial charge >= 0.3 is 0 Å². The van der Waals surface area contributed by atoms with Crippen molar-refractivity contribution in [2.24, 2.45) is 0 Å². The molecule has 1 aromatic rings. The lowest BCUT2D eigenvalue weighted by Gasteiger charge is -1.94. The van der Waals surface area contributed by atoms with Gasteiger partial charge in [-0.1, -0.05) is 6.07 Å². The summed E-state index contributed by atoms with van der Waals surface area (Å²) in [6.45, 7) is 0. The molecule has 0 aliphatic rings. The van der Waals surface area contributed by atoms with E-state index in [1.165, 1.54) is 6.07 Å². The molecule has 0 saturated heterocycles. The molecule has 3 heteroatoms. The van der Waals surface area contributed by atoms with Crippen LogP contribution in [-0.4, -0.2) is 10.9 Å². The Morgan fingerprint density at radius 2 is 2.30 bits per heavy atom. The van der Waals surface area contributed by atoms with Gasteiger partial charge < -0.3 is 0 Å². The molecule has 1 rings (SSSR count). The van der Waals surface area contributed by atoms with Crippen LogP contribution in [0.25, 0.3) is 0 Å². The number of alkyl halides is 1. The van der Waals surface area contributed by atoms with Crippen molar-refractivity contribution in [3.8, 4) is 0 Å². The molecule has 10 heavy (non-hydrogen) atoms. The predicted molar refractivity (Wildman–Crippen MR) is 38.6 cm³/mol. The molecular weight excluding hydrogens is 153 g/mol. The fourth-order valence-corrected chi connectivity index (χ4v) is 0.880. The summed E-state index contributed by atoms with van der Waals surface area (Å²) in [7, 11) is 0. The molecule has 0 bridgehead atoms. The average molecular weight is 160 g/mol. The average Bonchev–Trinajstić information content (AvgIpc) is 1.88. The normalized spacial score (nSPS) is 9.80. The summed E-state index contributed by atoms with van der Waals surface area (Å²) in [5.41, 5.74) is 0.704. The van der Waals surface area contributed by atoms with Crippen LogP contribution in [-0.2, 0) is 6.42 Å². The molecule has 0 aliphatic heterocycles. The van der Waals surface area contributed by atoms with Gasteiger partial charge in [-0.05, 0) is 12.1 Å². The highest BCUT2D eigenvalue weighted by Gasteiger charge is 1.93. The van der Waals surface area contributed by atoms with E-state index in [2.05, 4.69) is 4.98 Å². The molecule has 0 fully saturated rings. The smallest absolute Gasteiger partial charge is 0.213 e. The summed E-state index contributed by atoms with van der Waals surface area (Å²) in [5.74, 6) is 0.0406. The first kappa shape index (κ1) is 7.48. The van der Waals surface area contributed by atoms with Crippen LogP contribution in [0.1, 0.15) is 5.69 Å². The maximum Gasteiger partial charge on any atom is 0.213 e. The first-order valence-corrected chi connectivity index (χ1v) is 3.54. The van der Waals surface area contributed by atoms with Gasteiger partial charge in [0, 0.05) is 18.0 Å². The van der Waals surface area contributed by atoms with E-state index < -0.39 is 5.95 Å². The van der Waals surface area contributed by atoms with Crippen LogP contribution in [0, 0.1) is 5.95 Å². The van der Waals surface area contributed by atoms with Gasteiger partial charge in [-0.25, -0.2) is 4.98 Å². The molecule has 0 aliphatic carbocycles. The second-order valence-corrected chi connectivity index (χ2v) is 2.27. The van der Waals surface area contributed by atoms with Crippen LogP contribution in [0.15, 0.2) is 18.2 Å². The van der Waals surface area contributed by atoms with Gasteiger partial charge in [-0.15, -0.1) is 11.6 Å². The maximum absolute atomic E-state index is 12.3. The molecule has 54 valence electrons. The largest absolute Gasteiger partial charge is 0.225 e. The Balaban J connectivity index is 2.75. The third-order valence-corrected chi connectivity index (χ3v) is 1.31. The SMILES string of the molecule is Fc1cccc(CCCl)n1. The van der Waals surface area contributed by atoms with Crippen LogP contribution in [0.2, 0.25) is 0 Å². The van der Waals surface area contributed by atoms with Crippen LogP contribution in [0.3, 0.4) is 0 Å². The summed E-state index contributed by atoms with van der Waals surface area (Å²) in [5, 5.41) is 0. The van der Waals surface area contributed by atoms with Crippen LogP contribution >= 0.6 is 11.6 Å². The zero-order valence-corrected chi connectivity index (χ0v) is 6.11. The van der Waals surface area contributed by atoms with Crippen molar-refractivity contribution in [2.75, 3.05) is 5.88 Å². The number of pyridine rings is 1. The molecule has 0 atom stereocenters. The Kier molecular flexibility index (Phi) is 2.63. The van der Waals surface area contributed by atoms with Gasteiger partial charge in [0.1, 0.15) is 0 Å². The number of aromatic nitrogens is 1. The van der Waals surface area contributed by atoms with E-state index in [4.69, 9.17) is 11.6 Å². The van der Waals surface area contributed by atoms with Crippen molar-refractivity contribution in [2.45, 2.75) is 6.42 Å². The van der Waals surface area contributed by atoms with Crippen LogP contribution in [0.5, 0.6) is 0 Å². The lowest BCUT2D eigenvalue weighted by atomic mass is 10.3. The standard InChI is InChI=1S/C7H7ClFN/c8-5-4-6-2-1-3-7(9)10-6/h1-3H,4-5H2. The monoisotopic (exact) mass is 159 g/mol. The van der Waals surface area contributed by atoms with Crippen LogP contribution in [0.4, 0.5) is 4.39 Å². The third-order valence-electron chi connectivity index (χ3n) is 1.12. The highest BCUT2D eigenvalue weighted by Crippen LogP contribution is 1.98. The Bertz CT molecular complexity index is 215. The molecule has 0 unspecified atom stereocenters. The van der Waals surface area contributed by atoms with Crippen molar-refractivity contribution in [1.82, 2.24) is 4.98 Å². The Morgan fingerprint density at radius 1 is 1.50 bits per heavy atom. The van der Waals surface area contributed by atoms with Crippen molar-refractivity contribution < 1.29 is 4.39 Å². The predicted octanol–water partition coefficient (Wildman–Crippen LogP) is 2.00. The van der Waals surface area contributed by atoms with E-state index in [1.807, 2.05) is 0 Å². The minimum atomic E-state index is -0.442. The summed E-state index contributed by atoms with van der Waals surface area (Å²) in [4.78, 5) is 3.61. The number of halogens is 2. The zero-order chi connectivity index (χ0) is 7.40.